The molecule has 0 aromatic carbocycles. The van der Waals surface area contributed by atoms with Gasteiger partial charge in [-0.1, -0.05) is 0 Å². The fourth-order valence-electron chi connectivity index (χ4n) is 0.959. The first-order valence-electron chi connectivity index (χ1n) is 3.56. The van der Waals surface area contributed by atoms with E-state index in [-0.39, 0.29) is 12.6 Å². The molecule has 0 saturated carbocycles. The van der Waals surface area contributed by atoms with Crippen molar-refractivity contribution in [2.45, 2.75) is 6.04 Å². The SMILES string of the molecule is CNC(CO)c1ccncc1. The van der Waals surface area contributed by atoms with Gasteiger partial charge in [0.1, 0.15) is 0 Å². The maximum absolute atomic E-state index is 8.90. The maximum Gasteiger partial charge on any atom is 0.0626 e. The zero-order valence-corrected chi connectivity index (χ0v) is 6.49. The van der Waals surface area contributed by atoms with Gasteiger partial charge in [-0.3, -0.25) is 4.98 Å². The zero-order chi connectivity index (χ0) is 8.10. The normalized spacial score (nSPS) is 12.9. The van der Waals surface area contributed by atoms with Crippen molar-refractivity contribution >= 4 is 0 Å². The van der Waals surface area contributed by atoms with Gasteiger partial charge in [0, 0.05) is 12.4 Å². The third kappa shape index (κ3) is 2.00. The second-order valence-corrected chi connectivity index (χ2v) is 2.30. The molecule has 1 rings (SSSR count). The van der Waals surface area contributed by atoms with Gasteiger partial charge in [0.15, 0.2) is 0 Å². The number of pyridine rings is 1. The van der Waals surface area contributed by atoms with Crippen molar-refractivity contribution in [3.05, 3.63) is 30.1 Å². The average molecular weight is 152 g/mol. The minimum absolute atomic E-state index is 0.0259. The molecule has 11 heavy (non-hydrogen) atoms. The van der Waals surface area contributed by atoms with Crippen molar-refractivity contribution in [1.82, 2.24) is 10.3 Å². The van der Waals surface area contributed by atoms with Crippen LogP contribution in [0.2, 0.25) is 0 Å². The maximum atomic E-state index is 8.90. The summed E-state index contributed by atoms with van der Waals surface area (Å²) >= 11 is 0. The summed E-state index contributed by atoms with van der Waals surface area (Å²) in [5, 5.41) is 11.9. The molecule has 0 fully saturated rings. The molecule has 0 bridgehead atoms. The van der Waals surface area contributed by atoms with Crippen LogP contribution >= 0.6 is 0 Å². The van der Waals surface area contributed by atoms with E-state index in [0.717, 1.165) is 5.56 Å². The molecule has 0 aliphatic heterocycles. The van der Waals surface area contributed by atoms with Crippen LogP contribution in [0.5, 0.6) is 0 Å². The van der Waals surface area contributed by atoms with E-state index < -0.39 is 0 Å². The Hall–Kier alpha value is -0.930. The van der Waals surface area contributed by atoms with Gasteiger partial charge in [-0.25, -0.2) is 0 Å². The summed E-state index contributed by atoms with van der Waals surface area (Å²) in [6, 6.07) is 3.80. The highest BCUT2D eigenvalue weighted by Crippen LogP contribution is 2.08. The number of aliphatic hydroxyl groups is 1. The number of likely N-dealkylation sites (N-methyl/N-ethyl adjacent to an activating group) is 1. The summed E-state index contributed by atoms with van der Waals surface area (Å²) in [6.45, 7) is 0.112. The Morgan fingerprint density at radius 2 is 2.18 bits per heavy atom. The van der Waals surface area contributed by atoms with Crippen LogP contribution in [0.3, 0.4) is 0 Å². The first-order chi connectivity index (χ1) is 5.38. The van der Waals surface area contributed by atoms with Crippen molar-refractivity contribution in [3.8, 4) is 0 Å². The van der Waals surface area contributed by atoms with Crippen LogP contribution < -0.4 is 5.32 Å². The van der Waals surface area contributed by atoms with Crippen LogP contribution in [-0.4, -0.2) is 23.7 Å². The zero-order valence-electron chi connectivity index (χ0n) is 6.49. The quantitative estimate of drug-likeness (QED) is 0.656. The Morgan fingerprint density at radius 3 is 2.64 bits per heavy atom. The van der Waals surface area contributed by atoms with Gasteiger partial charge in [0.05, 0.1) is 12.6 Å². The topological polar surface area (TPSA) is 45.1 Å². The van der Waals surface area contributed by atoms with Crippen molar-refractivity contribution in [3.63, 3.8) is 0 Å². The van der Waals surface area contributed by atoms with Crippen molar-refractivity contribution < 1.29 is 5.11 Å². The minimum Gasteiger partial charge on any atom is -0.394 e. The van der Waals surface area contributed by atoms with Gasteiger partial charge in [0.2, 0.25) is 0 Å². The van der Waals surface area contributed by atoms with Crippen molar-refractivity contribution in [2.24, 2.45) is 0 Å². The lowest BCUT2D eigenvalue weighted by atomic mass is 10.1. The van der Waals surface area contributed by atoms with Gasteiger partial charge in [-0.2, -0.15) is 0 Å². The second kappa shape index (κ2) is 4.05. The largest absolute Gasteiger partial charge is 0.394 e. The van der Waals surface area contributed by atoms with Gasteiger partial charge in [-0.05, 0) is 24.7 Å². The van der Waals surface area contributed by atoms with Crippen LogP contribution in [0.15, 0.2) is 24.5 Å². The molecular formula is C8H12N2O. The summed E-state index contributed by atoms with van der Waals surface area (Å²) in [6.07, 6.45) is 3.44. The van der Waals surface area contributed by atoms with Gasteiger partial charge >= 0.3 is 0 Å². The fourth-order valence-corrected chi connectivity index (χ4v) is 0.959. The molecule has 1 unspecified atom stereocenters. The van der Waals surface area contributed by atoms with Gasteiger partial charge < -0.3 is 10.4 Å². The van der Waals surface area contributed by atoms with E-state index in [1.807, 2.05) is 19.2 Å². The van der Waals surface area contributed by atoms with Gasteiger partial charge in [-0.15, -0.1) is 0 Å². The number of aromatic nitrogens is 1. The highest BCUT2D eigenvalue weighted by atomic mass is 16.3. The van der Waals surface area contributed by atoms with E-state index in [1.54, 1.807) is 12.4 Å². The predicted molar refractivity (Wildman–Crippen MR) is 43.1 cm³/mol. The van der Waals surface area contributed by atoms with E-state index in [2.05, 4.69) is 10.3 Å². The molecule has 0 radical (unpaired) electrons. The number of nitrogens with zero attached hydrogens (tertiary/aromatic N) is 1. The molecule has 0 aliphatic carbocycles. The third-order valence-electron chi connectivity index (χ3n) is 1.64. The predicted octanol–water partition coefficient (Wildman–Crippen LogP) is 0.334. The standard InChI is InChI=1S/C8H12N2O/c1-9-8(6-11)7-2-4-10-5-3-7/h2-5,8-9,11H,6H2,1H3. The Bertz CT molecular complexity index is 197. The average Bonchev–Trinajstić information content (AvgIpc) is 2.09. The van der Waals surface area contributed by atoms with Crippen LogP contribution in [-0.2, 0) is 0 Å². The number of aliphatic hydroxyl groups excluding tert-OH is 1. The van der Waals surface area contributed by atoms with Gasteiger partial charge in [0.25, 0.3) is 0 Å². The van der Waals surface area contributed by atoms with E-state index >= 15 is 0 Å². The highest BCUT2D eigenvalue weighted by molar-refractivity contribution is 5.14. The van der Waals surface area contributed by atoms with Crippen molar-refractivity contribution in [2.75, 3.05) is 13.7 Å². The number of nitrogens with one attached hydrogen (secondary N) is 1. The first kappa shape index (κ1) is 8.17. The molecule has 0 aliphatic rings. The number of hydrogen-bond donors (Lipinski definition) is 2. The third-order valence-corrected chi connectivity index (χ3v) is 1.64. The molecule has 0 saturated heterocycles. The Labute approximate surface area is 66.1 Å². The lowest BCUT2D eigenvalue weighted by molar-refractivity contribution is 0.251. The summed E-state index contributed by atoms with van der Waals surface area (Å²) in [4.78, 5) is 3.89. The molecule has 1 heterocycles. The van der Waals surface area contributed by atoms with Crippen LogP contribution in [0, 0.1) is 0 Å². The van der Waals surface area contributed by atoms with E-state index in [1.165, 1.54) is 0 Å². The second-order valence-electron chi connectivity index (χ2n) is 2.30. The minimum atomic E-state index is 0.0259. The lowest BCUT2D eigenvalue weighted by Crippen LogP contribution is -2.19. The molecule has 1 aromatic heterocycles. The molecule has 0 spiro atoms. The fraction of sp³-hybridized carbons (Fsp3) is 0.375. The number of hydrogen-bond acceptors (Lipinski definition) is 3. The molecule has 3 nitrogen and oxygen atoms in total. The molecule has 60 valence electrons. The highest BCUT2D eigenvalue weighted by Gasteiger charge is 2.04. The first-order valence-corrected chi connectivity index (χ1v) is 3.56. The Morgan fingerprint density at radius 1 is 1.55 bits per heavy atom. The van der Waals surface area contributed by atoms with Crippen LogP contribution in [0.25, 0.3) is 0 Å². The summed E-state index contributed by atoms with van der Waals surface area (Å²) in [5.74, 6) is 0. The lowest BCUT2D eigenvalue weighted by Gasteiger charge is -2.11. The Balaban J connectivity index is 2.74. The van der Waals surface area contributed by atoms with Crippen LogP contribution in [0.4, 0.5) is 0 Å². The molecule has 0 amide bonds. The number of rotatable bonds is 3. The summed E-state index contributed by atoms with van der Waals surface area (Å²) < 4.78 is 0. The Kier molecular flexibility index (Phi) is 3.01. The monoisotopic (exact) mass is 152 g/mol. The molecular weight excluding hydrogens is 140 g/mol. The van der Waals surface area contributed by atoms with Crippen molar-refractivity contribution in [1.29, 1.82) is 0 Å². The smallest absolute Gasteiger partial charge is 0.0626 e. The molecule has 3 heteroatoms. The van der Waals surface area contributed by atoms with E-state index in [0.29, 0.717) is 0 Å². The molecule has 1 atom stereocenters. The van der Waals surface area contributed by atoms with Crippen LogP contribution in [0.1, 0.15) is 11.6 Å². The molecule has 1 aromatic rings. The van der Waals surface area contributed by atoms with E-state index in [4.69, 9.17) is 5.11 Å². The summed E-state index contributed by atoms with van der Waals surface area (Å²) in [7, 11) is 1.82. The molecule has 2 N–H and O–H groups in total. The van der Waals surface area contributed by atoms with E-state index in [9.17, 15) is 0 Å². The summed E-state index contributed by atoms with van der Waals surface area (Å²) in [5.41, 5.74) is 1.06.